The predicted molar refractivity (Wildman–Crippen MR) is 62.1 cm³/mol. The van der Waals surface area contributed by atoms with Crippen LogP contribution in [-0.2, 0) is 4.79 Å². The maximum absolute atomic E-state index is 10.9. The number of hydrogen-bond acceptors (Lipinski definition) is 2. The molecule has 4 heteroatoms. The lowest BCUT2D eigenvalue weighted by molar-refractivity contribution is -0.933. The highest BCUT2D eigenvalue weighted by Crippen LogP contribution is 2.24. The van der Waals surface area contributed by atoms with Crippen LogP contribution in [0.1, 0.15) is 32.6 Å². The number of carboxylic acids is 1. The van der Waals surface area contributed by atoms with Gasteiger partial charge in [-0.05, 0) is 6.42 Å². The summed E-state index contributed by atoms with van der Waals surface area (Å²) < 4.78 is 0.925. The van der Waals surface area contributed by atoms with E-state index >= 15 is 0 Å². The van der Waals surface area contributed by atoms with Crippen molar-refractivity contribution in [2.24, 2.45) is 5.92 Å². The van der Waals surface area contributed by atoms with E-state index in [0.717, 1.165) is 56.3 Å². The molecule has 1 heterocycles. The first-order chi connectivity index (χ1) is 7.63. The van der Waals surface area contributed by atoms with E-state index in [4.69, 9.17) is 10.2 Å². The Balaban J connectivity index is 2.51. The summed E-state index contributed by atoms with van der Waals surface area (Å²) in [5.41, 5.74) is 0. The van der Waals surface area contributed by atoms with Crippen LogP contribution in [0, 0.1) is 5.92 Å². The van der Waals surface area contributed by atoms with Crippen molar-refractivity contribution in [3.05, 3.63) is 0 Å². The molecule has 94 valence electrons. The standard InChI is InChI=1S/C12H23NO3/c1-2-3-6-13(9-10-14)7-4-11(5-8-13)12(15)16/h11,14H,2-10H2,1H3/p+1. The fraction of sp³-hybridized carbons (Fsp3) is 0.917. The van der Waals surface area contributed by atoms with Gasteiger partial charge in [-0.3, -0.25) is 4.79 Å². The van der Waals surface area contributed by atoms with E-state index in [2.05, 4.69) is 6.92 Å². The summed E-state index contributed by atoms with van der Waals surface area (Å²) in [6.45, 7) is 6.08. The van der Waals surface area contributed by atoms with Crippen LogP contribution in [0.4, 0.5) is 0 Å². The minimum Gasteiger partial charge on any atom is -0.481 e. The molecule has 1 saturated heterocycles. The molecule has 1 aliphatic rings. The van der Waals surface area contributed by atoms with Crippen LogP contribution in [0.5, 0.6) is 0 Å². The molecule has 16 heavy (non-hydrogen) atoms. The molecule has 4 nitrogen and oxygen atoms in total. The maximum atomic E-state index is 10.9. The van der Waals surface area contributed by atoms with Gasteiger partial charge in [-0.25, -0.2) is 0 Å². The van der Waals surface area contributed by atoms with Crippen molar-refractivity contribution in [3.63, 3.8) is 0 Å². The van der Waals surface area contributed by atoms with Gasteiger partial charge in [-0.15, -0.1) is 0 Å². The summed E-state index contributed by atoms with van der Waals surface area (Å²) in [6.07, 6.45) is 3.85. The summed E-state index contributed by atoms with van der Waals surface area (Å²) in [4.78, 5) is 10.9. The molecule has 0 radical (unpaired) electrons. The van der Waals surface area contributed by atoms with Crippen molar-refractivity contribution in [2.45, 2.75) is 32.6 Å². The third-order valence-electron chi connectivity index (χ3n) is 3.81. The highest BCUT2D eigenvalue weighted by molar-refractivity contribution is 5.69. The fourth-order valence-electron chi connectivity index (χ4n) is 2.63. The van der Waals surface area contributed by atoms with Gasteiger partial charge in [-0.1, -0.05) is 13.3 Å². The highest BCUT2D eigenvalue weighted by Gasteiger charge is 2.35. The zero-order chi connectivity index (χ0) is 12.0. The zero-order valence-electron chi connectivity index (χ0n) is 10.2. The Kier molecular flexibility index (Phi) is 5.22. The third kappa shape index (κ3) is 3.46. The second-order valence-corrected chi connectivity index (χ2v) is 4.93. The number of hydrogen-bond donors (Lipinski definition) is 2. The molecule has 1 fully saturated rings. The molecule has 0 atom stereocenters. The number of aliphatic hydroxyl groups excluding tert-OH is 1. The van der Waals surface area contributed by atoms with Crippen molar-refractivity contribution >= 4 is 5.97 Å². The van der Waals surface area contributed by atoms with Gasteiger partial charge in [0.2, 0.25) is 0 Å². The van der Waals surface area contributed by atoms with Crippen molar-refractivity contribution in [1.82, 2.24) is 0 Å². The SMILES string of the molecule is CCCC[N+]1(CCO)CCC(C(=O)O)CC1. The molecule has 0 aliphatic carbocycles. The number of carbonyl (C=O) groups is 1. The number of piperidine rings is 1. The molecular weight excluding hydrogens is 206 g/mol. The Morgan fingerprint density at radius 2 is 1.94 bits per heavy atom. The lowest BCUT2D eigenvalue weighted by Gasteiger charge is -2.42. The Hall–Kier alpha value is -0.610. The van der Waals surface area contributed by atoms with Gasteiger partial charge in [0.15, 0.2) is 0 Å². The number of rotatable bonds is 6. The highest BCUT2D eigenvalue weighted by atomic mass is 16.4. The zero-order valence-corrected chi connectivity index (χ0v) is 10.2. The largest absolute Gasteiger partial charge is 0.481 e. The van der Waals surface area contributed by atoms with Crippen molar-refractivity contribution in [3.8, 4) is 0 Å². The normalized spacial score (nSPS) is 30.2. The summed E-state index contributed by atoms with van der Waals surface area (Å²) >= 11 is 0. The molecule has 0 aromatic heterocycles. The molecule has 0 bridgehead atoms. The van der Waals surface area contributed by atoms with E-state index < -0.39 is 5.97 Å². The van der Waals surface area contributed by atoms with E-state index in [9.17, 15) is 4.79 Å². The molecule has 1 rings (SSSR count). The summed E-state index contributed by atoms with van der Waals surface area (Å²) in [5, 5.41) is 18.1. The number of aliphatic hydroxyl groups is 1. The Morgan fingerprint density at radius 1 is 1.31 bits per heavy atom. The predicted octanol–water partition coefficient (Wildman–Crippen LogP) is 1.09. The van der Waals surface area contributed by atoms with Crippen LogP contribution in [0.25, 0.3) is 0 Å². The number of carboxylic acid groups (broad SMARTS) is 1. The van der Waals surface area contributed by atoms with Gasteiger partial charge in [0, 0.05) is 12.8 Å². The molecule has 0 aromatic rings. The van der Waals surface area contributed by atoms with E-state index in [0.29, 0.717) is 0 Å². The van der Waals surface area contributed by atoms with E-state index in [1.54, 1.807) is 0 Å². The monoisotopic (exact) mass is 230 g/mol. The van der Waals surface area contributed by atoms with Gasteiger partial charge in [-0.2, -0.15) is 0 Å². The van der Waals surface area contributed by atoms with Crippen LogP contribution in [0.3, 0.4) is 0 Å². The third-order valence-corrected chi connectivity index (χ3v) is 3.81. The molecule has 0 unspecified atom stereocenters. The van der Waals surface area contributed by atoms with Crippen LogP contribution in [-0.4, -0.2) is 53.5 Å². The van der Waals surface area contributed by atoms with E-state index in [-0.39, 0.29) is 12.5 Å². The minimum absolute atomic E-state index is 0.161. The average Bonchev–Trinajstić information content (AvgIpc) is 2.27. The van der Waals surface area contributed by atoms with Crippen LogP contribution >= 0.6 is 0 Å². The average molecular weight is 230 g/mol. The number of nitrogens with zero attached hydrogens (tertiary/aromatic N) is 1. The molecule has 0 aromatic carbocycles. The van der Waals surface area contributed by atoms with Crippen LogP contribution in [0.2, 0.25) is 0 Å². The van der Waals surface area contributed by atoms with Gasteiger partial charge in [0.05, 0.1) is 32.2 Å². The second-order valence-electron chi connectivity index (χ2n) is 4.93. The Morgan fingerprint density at radius 3 is 2.38 bits per heavy atom. The maximum Gasteiger partial charge on any atom is 0.306 e. The lowest BCUT2D eigenvalue weighted by Crippen LogP contribution is -2.55. The first-order valence-corrected chi connectivity index (χ1v) is 6.32. The van der Waals surface area contributed by atoms with Gasteiger partial charge in [0.25, 0.3) is 0 Å². The summed E-state index contributed by atoms with van der Waals surface area (Å²) in [6, 6.07) is 0. The van der Waals surface area contributed by atoms with Crippen molar-refractivity contribution < 1.29 is 19.5 Å². The fourth-order valence-corrected chi connectivity index (χ4v) is 2.63. The van der Waals surface area contributed by atoms with E-state index in [1.165, 1.54) is 0 Å². The molecular formula is C12H24NO3+. The molecule has 2 N–H and O–H groups in total. The van der Waals surface area contributed by atoms with Crippen molar-refractivity contribution in [1.29, 1.82) is 0 Å². The van der Waals surface area contributed by atoms with Gasteiger partial charge in [0.1, 0.15) is 6.54 Å². The van der Waals surface area contributed by atoms with Crippen LogP contribution in [0.15, 0.2) is 0 Å². The Labute approximate surface area is 97.5 Å². The van der Waals surface area contributed by atoms with Gasteiger partial charge >= 0.3 is 5.97 Å². The lowest BCUT2D eigenvalue weighted by atomic mass is 9.94. The first-order valence-electron chi connectivity index (χ1n) is 6.32. The molecule has 0 spiro atoms. The van der Waals surface area contributed by atoms with E-state index in [1.807, 2.05) is 0 Å². The quantitative estimate of drug-likeness (QED) is 0.672. The topological polar surface area (TPSA) is 57.5 Å². The second kappa shape index (κ2) is 6.21. The Bertz CT molecular complexity index is 222. The summed E-state index contributed by atoms with van der Waals surface area (Å²) in [7, 11) is 0. The number of quaternary nitrogens is 1. The minimum atomic E-state index is -0.655. The first kappa shape index (κ1) is 13.5. The molecule has 1 aliphatic heterocycles. The van der Waals surface area contributed by atoms with Gasteiger partial charge < -0.3 is 14.7 Å². The smallest absolute Gasteiger partial charge is 0.306 e. The number of aliphatic carboxylic acids is 1. The number of likely N-dealkylation sites (tertiary alicyclic amines) is 1. The number of unbranched alkanes of at least 4 members (excludes halogenated alkanes) is 1. The van der Waals surface area contributed by atoms with Crippen LogP contribution < -0.4 is 0 Å². The van der Waals surface area contributed by atoms with Crippen molar-refractivity contribution in [2.75, 3.05) is 32.8 Å². The molecule has 0 saturated carbocycles. The summed E-state index contributed by atoms with van der Waals surface area (Å²) in [5.74, 6) is -0.816. The molecule has 0 amide bonds.